The molecule has 0 aliphatic rings. The molecule has 0 N–H and O–H groups in total. The number of nitrogens with zero attached hydrogens (tertiary/aromatic N) is 1. The molecule has 0 aromatic heterocycles. The van der Waals surface area contributed by atoms with Crippen molar-refractivity contribution in [3.63, 3.8) is 0 Å². The molecular weight excluding hydrogens is 197 g/mol. The van der Waals surface area contributed by atoms with E-state index in [1.807, 2.05) is 0 Å². The van der Waals surface area contributed by atoms with Crippen LogP contribution in [0, 0.1) is 17.1 Å². The first kappa shape index (κ1) is 11.2. The van der Waals surface area contributed by atoms with Crippen LogP contribution in [0.5, 0.6) is 0 Å². The number of methoxy groups -OCH3 is 1. The van der Waals surface area contributed by atoms with Gasteiger partial charge >= 0.3 is 5.97 Å². The quantitative estimate of drug-likeness (QED) is 0.696. The summed E-state index contributed by atoms with van der Waals surface area (Å²) in [6.45, 7) is 1.64. The molecule has 0 radical (unpaired) electrons. The number of carbonyl (C=O) groups is 1. The van der Waals surface area contributed by atoms with Crippen molar-refractivity contribution in [2.45, 2.75) is 12.8 Å². The van der Waals surface area contributed by atoms with Crippen LogP contribution < -0.4 is 0 Å². The van der Waals surface area contributed by atoms with Crippen LogP contribution in [0.25, 0.3) is 0 Å². The van der Waals surface area contributed by atoms with Crippen molar-refractivity contribution in [1.82, 2.24) is 0 Å². The monoisotopic (exact) mass is 207 g/mol. The number of hydrogen-bond donors (Lipinski definition) is 0. The van der Waals surface area contributed by atoms with Crippen LogP contribution in [0.4, 0.5) is 4.39 Å². The molecule has 4 heteroatoms. The fourth-order valence-corrected chi connectivity index (χ4v) is 1.21. The molecule has 78 valence electrons. The van der Waals surface area contributed by atoms with Crippen molar-refractivity contribution >= 4 is 5.97 Å². The van der Waals surface area contributed by atoms with Gasteiger partial charge in [-0.25, -0.2) is 4.39 Å². The second kappa shape index (κ2) is 4.56. The van der Waals surface area contributed by atoms with Gasteiger partial charge in [-0.3, -0.25) is 4.79 Å². The van der Waals surface area contributed by atoms with E-state index in [1.165, 1.54) is 25.3 Å². The predicted octanol–water partition coefficient (Wildman–Crippen LogP) is 1.97. The molecule has 3 nitrogen and oxygen atoms in total. The van der Waals surface area contributed by atoms with Gasteiger partial charge in [-0.15, -0.1) is 0 Å². The van der Waals surface area contributed by atoms with Crippen molar-refractivity contribution in [1.29, 1.82) is 5.26 Å². The lowest BCUT2D eigenvalue weighted by atomic mass is 9.99. The zero-order chi connectivity index (χ0) is 11.4. The fraction of sp³-hybridized carbons (Fsp3) is 0.273. The fourth-order valence-electron chi connectivity index (χ4n) is 1.21. The van der Waals surface area contributed by atoms with Crippen molar-refractivity contribution in [2.75, 3.05) is 7.11 Å². The maximum absolute atomic E-state index is 13.0. The van der Waals surface area contributed by atoms with Crippen molar-refractivity contribution in [2.24, 2.45) is 0 Å². The Morgan fingerprint density at radius 1 is 1.60 bits per heavy atom. The molecule has 1 aromatic carbocycles. The van der Waals surface area contributed by atoms with E-state index in [2.05, 4.69) is 4.74 Å². The summed E-state index contributed by atoms with van der Waals surface area (Å²) in [6, 6.07) is 5.72. The summed E-state index contributed by atoms with van der Waals surface area (Å²) in [5, 5.41) is 8.61. The number of carbonyl (C=O) groups excluding carboxylic acids is 1. The number of ether oxygens (including phenoxy) is 1. The standard InChI is InChI=1S/C11H10FNO2/c1-7(11(14)15-2)8-3-4-10(12)9(5-8)6-13/h3-5,7H,1-2H3/t7-/m1/s1. The molecule has 1 aromatic rings. The number of benzene rings is 1. The molecule has 0 saturated heterocycles. The van der Waals surface area contributed by atoms with E-state index in [0.29, 0.717) is 5.56 Å². The highest BCUT2D eigenvalue weighted by molar-refractivity contribution is 5.77. The van der Waals surface area contributed by atoms with E-state index in [0.717, 1.165) is 0 Å². The smallest absolute Gasteiger partial charge is 0.312 e. The predicted molar refractivity (Wildman–Crippen MR) is 51.5 cm³/mol. The molecule has 0 heterocycles. The second-order valence-electron chi connectivity index (χ2n) is 3.10. The SMILES string of the molecule is COC(=O)[C@H](C)c1ccc(F)c(C#N)c1. The Kier molecular flexibility index (Phi) is 3.40. The highest BCUT2D eigenvalue weighted by Gasteiger charge is 2.16. The number of halogens is 1. The molecule has 1 atom stereocenters. The van der Waals surface area contributed by atoms with Crippen molar-refractivity contribution in [3.05, 3.63) is 35.1 Å². The molecule has 0 saturated carbocycles. The van der Waals surface area contributed by atoms with Gasteiger partial charge in [0.05, 0.1) is 18.6 Å². The number of hydrogen-bond acceptors (Lipinski definition) is 3. The van der Waals surface area contributed by atoms with Gasteiger partial charge in [0.1, 0.15) is 11.9 Å². The maximum Gasteiger partial charge on any atom is 0.312 e. The van der Waals surface area contributed by atoms with Crippen LogP contribution in [0.3, 0.4) is 0 Å². The van der Waals surface area contributed by atoms with Crippen molar-refractivity contribution in [3.8, 4) is 6.07 Å². The first-order chi connectivity index (χ1) is 7.10. The highest BCUT2D eigenvalue weighted by atomic mass is 19.1. The van der Waals surface area contributed by atoms with E-state index in [4.69, 9.17) is 5.26 Å². The van der Waals surface area contributed by atoms with E-state index in [-0.39, 0.29) is 5.56 Å². The normalized spacial score (nSPS) is 11.6. The average molecular weight is 207 g/mol. The highest BCUT2D eigenvalue weighted by Crippen LogP contribution is 2.19. The largest absolute Gasteiger partial charge is 0.469 e. The van der Waals surface area contributed by atoms with Gasteiger partial charge in [0.25, 0.3) is 0 Å². The molecule has 1 rings (SSSR count). The number of esters is 1. The summed E-state index contributed by atoms with van der Waals surface area (Å²) in [6.07, 6.45) is 0. The van der Waals surface area contributed by atoms with Gasteiger partial charge < -0.3 is 4.74 Å². The van der Waals surface area contributed by atoms with E-state index in [9.17, 15) is 9.18 Å². The van der Waals surface area contributed by atoms with E-state index in [1.54, 1.807) is 13.0 Å². The van der Waals surface area contributed by atoms with E-state index < -0.39 is 17.7 Å². The Hall–Kier alpha value is -1.89. The minimum absolute atomic E-state index is 0.0664. The third-order valence-corrected chi connectivity index (χ3v) is 2.17. The van der Waals surface area contributed by atoms with Gasteiger partial charge in [-0.2, -0.15) is 5.26 Å². The summed E-state index contributed by atoms with van der Waals surface area (Å²) < 4.78 is 17.5. The molecule has 0 aliphatic heterocycles. The second-order valence-corrected chi connectivity index (χ2v) is 3.10. The maximum atomic E-state index is 13.0. The van der Waals surface area contributed by atoms with Crippen LogP contribution in [-0.2, 0) is 9.53 Å². The zero-order valence-corrected chi connectivity index (χ0v) is 8.45. The lowest BCUT2D eigenvalue weighted by Crippen LogP contribution is -2.11. The molecule has 0 fully saturated rings. The minimum Gasteiger partial charge on any atom is -0.469 e. The Labute approximate surface area is 87.1 Å². The third-order valence-electron chi connectivity index (χ3n) is 2.17. The number of rotatable bonds is 2. The molecule has 0 bridgehead atoms. The first-order valence-electron chi connectivity index (χ1n) is 4.37. The summed E-state index contributed by atoms with van der Waals surface area (Å²) in [4.78, 5) is 11.2. The minimum atomic E-state index is -0.585. The third kappa shape index (κ3) is 2.32. The molecule has 0 amide bonds. The van der Waals surface area contributed by atoms with Gasteiger partial charge in [-0.05, 0) is 24.6 Å². The first-order valence-corrected chi connectivity index (χ1v) is 4.37. The lowest BCUT2D eigenvalue weighted by molar-refractivity contribution is -0.141. The average Bonchev–Trinajstić information content (AvgIpc) is 2.27. The van der Waals surface area contributed by atoms with Gasteiger partial charge in [0.15, 0.2) is 0 Å². The summed E-state index contributed by atoms with van der Waals surface area (Å²) in [7, 11) is 1.29. The van der Waals surface area contributed by atoms with Gasteiger partial charge in [0, 0.05) is 0 Å². The van der Waals surface area contributed by atoms with Crippen LogP contribution in [0.2, 0.25) is 0 Å². The lowest BCUT2D eigenvalue weighted by Gasteiger charge is -2.09. The Bertz CT molecular complexity index is 423. The molecular formula is C11H10FNO2. The summed E-state index contributed by atoms with van der Waals surface area (Å²) in [5.74, 6) is -1.49. The Balaban J connectivity index is 3.07. The van der Waals surface area contributed by atoms with Gasteiger partial charge in [0.2, 0.25) is 0 Å². The molecule has 15 heavy (non-hydrogen) atoms. The van der Waals surface area contributed by atoms with Crippen LogP contribution >= 0.6 is 0 Å². The van der Waals surface area contributed by atoms with Crippen LogP contribution in [0.1, 0.15) is 24.0 Å². The Morgan fingerprint density at radius 2 is 2.27 bits per heavy atom. The van der Waals surface area contributed by atoms with Crippen LogP contribution in [0.15, 0.2) is 18.2 Å². The van der Waals surface area contributed by atoms with Crippen LogP contribution in [-0.4, -0.2) is 13.1 Å². The van der Waals surface area contributed by atoms with Gasteiger partial charge in [-0.1, -0.05) is 6.07 Å². The Morgan fingerprint density at radius 3 is 2.80 bits per heavy atom. The summed E-state index contributed by atoms with van der Waals surface area (Å²) in [5.41, 5.74) is 0.503. The molecule has 0 spiro atoms. The van der Waals surface area contributed by atoms with Crippen molar-refractivity contribution < 1.29 is 13.9 Å². The molecule has 0 unspecified atom stereocenters. The zero-order valence-electron chi connectivity index (χ0n) is 8.45. The summed E-state index contributed by atoms with van der Waals surface area (Å²) >= 11 is 0. The number of nitriles is 1. The topological polar surface area (TPSA) is 50.1 Å². The molecule has 0 aliphatic carbocycles. The van der Waals surface area contributed by atoms with E-state index >= 15 is 0 Å².